The predicted octanol–water partition coefficient (Wildman–Crippen LogP) is 7.62. The van der Waals surface area contributed by atoms with Crippen molar-refractivity contribution in [2.75, 3.05) is 0 Å². The van der Waals surface area contributed by atoms with E-state index in [-0.39, 0.29) is 5.41 Å². The van der Waals surface area contributed by atoms with Crippen molar-refractivity contribution in [3.8, 4) is 34.4 Å². The van der Waals surface area contributed by atoms with Gasteiger partial charge in [-0.15, -0.1) is 0 Å². The average molecular weight is 608 g/mol. The molecule has 0 spiro atoms. The van der Waals surface area contributed by atoms with Crippen LogP contribution in [0.1, 0.15) is 25.0 Å². The van der Waals surface area contributed by atoms with E-state index in [4.69, 9.17) is 34.9 Å². The minimum Gasteiger partial charge on any atom is -0.245 e. The maximum atomic E-state index is 5.23. The maximum absolute atomic E-state index is 5.23. The van der Waals surface area contributed by atoms with E-state index < -0.39 is 0 Å². The lowest BCUT2D eigenvalue weighted by molar-refractivity contribution is 0.661. The highest BCUT2D eigenvalue weighted by molar-refractivity contribution is 6.07. The van der Waals surface area contributed by atoms with Crippen molar-refractivity contribution >= 4 is 44.1 Å². The largest absolute Gasteiger partial charge is 0.245 e. The maximum Gasteiger partial charge on any atom is 0.242 e. The minimum atomic E-state index is -0.276. The Morgan fingerprint density at radius 2 is 0.894 bits per heavy atom. The van der Waals surface area contributed by atoms with E-state index in [1.807, 2.05) is 33.4 Å². The van der Waals surface area contributed by atoms with Gasteiger partial charge >= 0.3 is 0 Å². The standard InChI is InChI=1S/C38H25N9/c1-38(2)29-17-4-3-10-22(29)23-11-5-12-28(30(23)38)31-43-36(46-32-24(13-6-18-39-32)25-14-7-19-40-33(25)46)45-37(44-31)47-34-26(15-8-20-41-34)27-16-9-21-42-35(27)47/h3-21H,1-2H3. The highest BCUT2D eigenvalue weighted by atomic mass is 15.3. The molecule has 10 rings (SSSR count). The van der Waals surface area contributed by atoms with E-state index in [0.29, 0.717) is 40.3 Å². The normalized spacial score (nSPS) is 13.5. The molecule has 0 radical (unpaired) electrons. The summed E-state index contributed by atoms with van der Waals surface area (Å²) in [5.41, 5.74) is 8.41. The molecule has 2 aromatic carbocycles. The first-order valence-electron chi connectivity index (χ1n) is 15.5. The summed E-state index contributed by atoms with van der Waals surface area (Å²) in [4.78, 5) is 34.8. The van der Waals surface area contributed by atoms with Gasteiger partial charge in [-0.1, -0.05) is 56.3 Å². The number of benzene rings is 2. The van der Waals surface area contributed by atoms with Gasteiger partial charge in [-0.25, -0.2) is 29.1 Å². The number of rotatable bonds is 3. The van der Waals surface area contributed by atoms with Crippen LogP contribution in [-0.4, -0.2) is 44.0 Å². The highest BCUT2D eigenvalue weighted by Gasteiger charge is 2.38. The summed E-state index contributed by atoms with van der Waals surface area (Å²) >= 11 is 0. The van der Waals surface area contributed by atoms with Crippen molar-refractivity contribution in [1.29, 1.82) is 0 Å². The lowest BCUT2D eigenvalue weighted by atomic mass is 9.80. The van der Waals surface area contributed by atoms with Crippen molar-refractivity contribution in [3.05, 3.63) is 127 Å². The number of pyridine rings is 4. The summed E-state index contributed by atoms with van der Waals surface area (Å²) in [6, 6.07) is 31.0. The third-order valence-corrected chi connectivity index (χ3v) is 9.41. The zero-order valence-electron chi connectivity index (χ0n) is 25.5. The number of nitrogens with zero attached hydrogens (tertiary/aromatic N) is 9. The number of hydrogen-bond acceptors (Lipinski definition) is 7. The lowest BCUT2D eigenvalue weighted by Crippen LogP contribution is -2.17. The summed E-state index contributed by atoms with van der Waals surface area (Å²) < 4.78 is 3.86. The molecule has 1 aliphatic carbocycles. The van der Waals surface area contributed by atoms with Crippen LogP contribution in [-0.2, 0) is 5.41 Å². The fraction of sp³-hybridized carbons (Fsp3) is 0.0789. The van der Waals surface area contributed by atoms with E-state index in [0.717, 1.165) is 27.1 Å². The van der Waals surface area contributed by atoms with E-state index in [1.54, 1.807) is 24.8 Å². The Labute approximate surface area is 268 Å². The lowest BCUT2D eigenvalue weighted by Gasteiger charge is -2.24. The Kier molecular flexibility index (Phi) is 5.15. The smallest absolute Gasteiger partial charge is 0.242 e. The Bertz CT molecular complexity index is 2500. The van der Waals surface area contributed by atoms with Gasteiger partial charge in [-0.3, -0.25) is 0 Å². The molecule has 7 heterocycles. The second kappa shape index (κ2) is 9.34. The van der Waals surface area contributed by atoms with Crippen LogP contribution < -0.4 is 0 Å². The topological polar surface area (TPSA) is 100 Å². The Morgan fingerprint density at radius 3 is 1.40 bits per heavy atom. The molecule has 0 fully saturated rings. The Morgan fingerprint density at radius 1 is 0.447 bits per heavy atom. The molecule has 0 saturated carbocycles. The fourth-order valence-corrected chi connectivity index (χ4v) is 7.43. The van der Waals surface area contributed by atoms with Crippen LogP contribution in [0.4, 0.5) is 0 Å². The minimum absolute atomic E-state index is 0.276. The molecule has 7 aromatic heterocycles. The third-order valence-electron chi connectivity index (χ3n) is 9.41. The second-order valence-corrected chi connectivity index (χ2v) is 12.3. The van der Waals surface area contributed by atoms with Gasteiger partial charge in [0.15, 0.2) is 5.82 Å². The molecule has 222 valence electrons. The van der Waals surface area contributed by atoms with Gasteiger partial charge in [0.25, 0.3) is 0 Å². The summed E-state index contributed by atoms with van der Waals surface area (Å²) in [5, 5.41) is 3.88. The van der Waals surface area contributed by atoms with Crippen molar-refractivity contribution in [1.82, 2.24) is 44.0 Å². The van der Waals surface area contributed by atoms with E-state index >= 15 is 0 Å². The van der Waals surface area contributed by atoms with Crippen LogP contribution in [0.15, 0.2) is 116 Å². The fourth-order valence-electron chi connectivity index (χ4n) is 7.43. The molecule has 0 amide bonds. The molecule has 1 aliphatic rings. The second-order valence-electron chi connectivity index (χ2n) is 12.3. The molecule has 9 aromatic rings. The van der Waals surface area contributed by atoms with E-state index in [9.17, 15) is 0 Å². The van der Waals surface area contributed by atoms with Gasteiger partial charge in [-0.05, 0) is 70.8 Å². The Hall–Kier alpha value is -6.35. The molecule has 0 saturated heterocycles. The first-order valence-corrected chi connectivity index (χ1v) is 15.5. The highest BCUT2D eigenvalue weighted by Crippen LogP contribution is 2.51. The van der Waals surface area contributed by atoms with Crippen molar-refractivity contribution < 1.29 is 0 Å². The summed E-state index contributed by atoms with van der Waals surface area (Å²) in [7, 11) is 0. The van der Waals surface area contributed by atoms with E-state index in [1.165, 1.54) is 22.3 Å². The number of hydrogen-bond donors (Lipinski definition) is 0. The van der Waals surface area contributed by atoms with Crippen LogP contribution in [0.2, 0.25) is 0 Å². The summed E-state index contributed by atoms with van der Waals surface area (Å²) in [5.74, 6) is 1.37. The van der Waals surface area contributed by atoms with Crippen LogP contribution in [0.25, 0.3) is 78.5 Å². The number of aromatic nitrogens is 9. The predicted molar refractivity (Wildman–Crippen MR) is 183 cm³/mol. The molecule has 0 unspecified atom stereocenters. The molecular formula is C38H25N9. The van der Waals surface area contributed by atoms with Crippen LogP contribution >= 0.6 is 0 Å². The first-order chi connectivity index (χ1) is 23.1. The van der Waals surface area contributed by atoms with Gasteiger partial charge in [0.1, 0.15) is 22.6 Å². The van der Waals surface area contributed by atoms with Crippen LogP contribution in [0.3, 0.4) is 0 Å². The van der Waals surface area contributed by atoms with Crippen molar-refractivity contribution in [2.45, 2.75) is 19.3 Å². The Balaban J connectivity index is 1.34. The third kappa shape index (κ3) is 3.50. The molecule has 9 heteroatoms. The monoisotopic (exact) mass is 607 g/mol. The molecule has 9 nitrogen and oxygen atoms in total. The molecule has 0 aliphatic heterocycles. The molecule has 0 bridgehead atoms. The van der Waals surface area contributed by atoms with Gasteiger partial charge < -0.3 is 0 Å². The van der Waals surface area contributed by atoms with Crippen molar-refractivity contribution in [2.24, 2.45) is 0 Å². The van der Waals surface area contributed by atoms with Crippen LogP contribution in [0.5, 0.6) is 0 Å². The molecule has 0 atom stereocenters. The summed E-state index contributed by atoms with van der Waals surface area (Å²) in [6.45, 7) is 4.54. The van der Waals surface area contributed by atoms with Crippen molar-refractivity contribution in [3.63, 3.8) is 0 Å². The van der Waals surface area contributed by atoms with Gasteiger partial charge in [0.2, 0.25) is 11.9 Å². The van der Waals surface area contributed by atoms with Crippen LogP contribution in [0, 0.1) is 0 Å². The van der Waals surface area contributed by atoms with Gasteiger partial charge in [0.05, 0.1) is 0 Å². The van der Waals surface area contributed by atoms with E-state index in [2.05, 4.69) is 80.6 Å². The SMILES string of the molecule is CC1(C)c2ccccc2-c2cccc(-c3nc(-n4c5ncccc5c5cccnc54)nc(-n4c5ncccc5c5cccnc54)n3)c21. The zero-order chi connectivity index (χ0) is 31.3. The average Bonchev–Trinajstić information content (AvgIpc) is 3.72. The summed E-state index contributed by atoms with van der Waals surface area (Å²) in [6.07, 6.45) is 7.13. The first kappa shape index (κ1) is 25.9. The molecular weight excluding hydrogens is 582 g/mol. The van der Waals surface area contributed by atoms with Gasteiger partial charge in [0, 0.05) is 57.3 Å². The molecule has 47 heavy (non-hydrogen) atoms. The zero-order valence-corrected chi connectivity index (χ0v) is 25.5. The number of fused-ring (bicyclic) bond motifs is 9. The van der Waals surface area contributed by atoms with Gasteiger partial charge in [-0.2, -0.15) is 15.0 Å². The molecule has 0 N–H and O–H groups in total. The quantitative estimate of drug-likeness (QED) is 0.204.